The van der Waals surface area contributed by atoms with Gasteiger partial charge in [-0.15, -0.1) is 0 Å². The number of rotatable bonds is 5. The van der Waals surface area contributed by atoms with Crippen molar-refractivity contribution in [2.75, 3.05) is 0 Å². The van der Waals surface area contributed by atoms with Gasteiger partial charge in [0.15, 0.2) is 5.82 Å². The minimum Gasteiger partial charge on any atom is -0.339 e. The predicted molar refractivity (Wildman–Crippen MR) is 108 cm³/mol. The molecule has 1 unspecified atom stereocenters. The number of aromatic nitrogens is 2. The Morgan fingerprint density at radius 1 is 1.00 bits per heavy atom. The average Bonchev–Trinajstić information content (AvgIpc) is 3.11. The molecule has 0 radical (unpaired) electrons. The lowest BCUT2D eigenvalue weighted by atomic mass is 9.71. The first-order valence-corrected chi connectivity index (χ1v) is 10.0. The first kappa shape index (κ1) is 18.0. The molecule has 0 aliphatic heterocycles. The molecule has 3 nitrogen and oxygen atoms in total. The van der Waals surface area contributed by atoms with Gasteiger partial charge in [0.2, 0.25) is 5.89 Å². The molecule has 0 bridgehead atoms. The monoisotopic (exact) mass is 360 g/mol. The minimum absolute atomic E-state index is 0.00713. The molecule has 1 aromatic heterocycles. The maximum Gasteiger partial charge on any atom is 0.226 e. The SMILES string of the molecule is CC1(C)CCCC(Cc2nc(C(c3ccccc3)c3ccccc3)no2)C1. The van der Waals surface area contributed by atoms with Crippen molar-refractivity contribution in [3.8, 4) is 0 Å². The van der Waals surface area contributed by atoms with E-state index in [1.165, 1.54) is 36.8 Å². The Hall–Kier alpha value is -2.42. The Balaban J connectivity index is 1.59. The van der Waals surface area contributed by atoms with Crippen LogP contribution in [-0.2, 0) is 6.42 Å². The van der Waals surface area contributed by atoms with E-state index in [2.05, 4.69) is 67.5 Å². The van der Waals surface area contributed by atoms with Gasteiger partial charge in [-0.2, -0.15) is 4.98 Å². The standard InChI is InChI=1S/C24H28N2O/c1-24(2)15-9-10-18(17-24)16-21-25-23(26-27-21)22(19-11-5-3-6-12-19)20-13-7-4-8-14-20/h3-8,11-14,18,22H,9-10,15-17H2,1-2H3. The van der Waals surface area contributed by atoms with Crippen LogP contribution in [0.5, 0.6) is 0 Å². The quantitative estimate of drug-likeness (QED) is 0.559. The molecule has 27 heavy (non-hydrogen) atoms. The molecule has 3 heteroatoms. The van der Waals surface area contributed by atoms with E-state index < -0.39 is 0 Å². The molecule has 0 saturated heterocycles. The molecule has 0 spiro atoms. The van der Waals surface area contributed by atoms with Crippen LogP contribution >= 0.6 is 0 Å². The topological polar surface area (TPSA) is 38.9 Å². The van der Waals surface area contributed by atoms with Gasteiger partial charge < -0.3 is 4.52 Å². The van der Waals surface area contributed by atoms with E-state index in [1.807, 2.05) is 12.1 Å². The van der Waals surface area contributed by atoms with Crippen LogP contribution in [0.4, 0.5) is 0 Å². The largest absolute Gasteiger partial charge is 0.339 e. The van der Waals surface area contributed by atoms with Crippen LogP contribution < -0.4 is 0 Å². The molecule has 1 aliphatic rings. The molecular formula is C24H28N2O. The minimum atomic E-state index is 0.00713. The van der Waals surface area contributed by atoms with Crippen molar-refractivity contribution in [1.29, 1.82) is 0 Å². The van der Waals surface area contributed by atoms with Crippen molar-refractivity contribution >= 4 is 0 Å². The van der Waals surface area contributed by atoms with E-state index in [4.69, 9.17) is 9.51 Å². The van der Waals surface area contributed by atoms with Gasteiger partial charge in [0.05, 0.1) is 5.92 Å². The van der Waals surface area contributed by atoms with E-state index in [0.717, 1.165) is 18.1 Å². The van der Waals surface area contributed by atoms with Crippen LogP contribution in [0.2, 0.25) is 0 Å². The fourth-order valence-corrected chi connectivity index (χ4v) is 4.53. The second-order valence-corrected chi connectivity index (χ2v) is 8.63. The van der Waals surface area contributed by atoms with E-state index >= 15 is 0 Å². The molecule has 1 atom stereocenters. The first-order valence-electron chi connectivity index (χ1n) is 10.0. The molecular weight excluding hydrogens is 332 g/mol. The van der Waals surface area contributed by atoms with Gasteiger partial charge in [-0.3, -0.25) is 0 Å². The second kappa shape index (κ2) is 7.67. The Morgan fingerprint density at radius 2 is 1.63 bits per heavy atom. The summed E-state index contributed by atoms with van der Waals surface area (Å²) in [5.41, 5.74) is 2.81. The van der Waals surface area contributed by atoms with Crippen molar-refractivity contribution in [2.45, 2.75) is 51.9 Å². The van der Waals surface area contributed by atoms with Gasteiger partial charge in [-0.1, -0.05) is 86.1 Å². The molecule has 1 heterocycles. The zero-order valence-corrected chi connectivity index (χ0v) is 16.3. The molecule has 1 aliphatic carbocycles. The third-order valence-corrected chi connectivity index (χ3v) is 5.78. The van der Waals surface area contributed by atoms with Crippen LogP contribution in [0, 0.1) is 11.3 Å². The molecule has 4 rings (SSSR count). The Morgan fingerprint density at radius 3 is 2.22 bits per heavy atom. The molecule has 2 aromatic carbocycles. The predicted octanol–water partition coefficient (Wildman–Crippen LogP) is 6.01. The van der Waals surface area contributed by atoms with Crippen LogP contribution in [0.25, 0.3) is 0 Å². The van der Waals surface area contributed by atoms with Gasteiger partial charge in [0, 0.05) is 6.42 Å². The summed E-state index contributed by atoms with van der Waals surface area (Å²) in [6, 6.07) is 20.9. The summed E-state index contributed by atoms with van der Waals surface area (Å²) in [5, 5.41) is 4.39. The molecule has 140 valence electrons. The summed E-state index contributed by atoms with van der Waals surface area (Å²) in [4.78, 5) is 4.83. The maximum absolute atomic E-state index is 5.70. The average molecular weight is 361 g/mol. The second-order valence-electron chi connectivity index (χ2n) is 8.63. The number of hydrogen-bond acceptors (Lipinski definition) is 3. The number of nitrogens with zero attached hydrogens (tertiary/aromatic N) is 2. The van der Waals surface area contributed by atoms with E-state index in [9.17, 15) is 0 Å². The third kappa shape index (κ3) is 4.29. The Kier molecular flexibility index (Phi) is 5.11. The highest BCUT2D eigenvalue weighted by atomic mass is 16.5. The van der Waals surface area contributed by atoms with Crippen molar-refractivity contribution in [1.82, 2.24) is 10.1 Å². The van der Waals surface area contributed by atoms with Gasteiger partial charge in [-0.05, 0) is 41.7 Å². The van der Waals surface area contributed by atoms with Gasteiger partial charge in [-0.25, -0.2) is 0 Å². The zero-order chi connectivity index (χ0) is 18.7. The van der Waals surface area contributed by atoms with Crippen molar-refractivity contribution < 1.29 is 4.52 Å². The lowest BCUT2D eigenvalue weighted by Crippen LogP contribution is -2.23. The maximum atomic E-state index is 5.70. The lowest BCUT2D eigenvalue weighted by molar-refractivity contribution is 0.171. The normalized spacial score (nSPS) is 19.3. The fourth-order valence-electron chi connectivity index (χ4n) is 4.53. The van der Waals surface area contributed by atoms with E-state index in [1.54, 1.807) is 0 Å². The highest BCUT2D eigenvalue weighted by molar-refractivity contribution is 5.37. The fraction of sp³-hybridized carbons (Fsp3) is 0.417. The Bertz CT molecular complexity index is 815. The highest BCUT2D eigenvalue weighted by Crippen LogP contribution is 2.40. The van der Waals surface area contributed by atoms with Gasteiger partial charge in [0.25, 0.3) is 0 Å². The van der Waals surface area contributed by atoms with E-state index in [0.29, 0.717) is 11.3 Å². The smallest absolute Gasteiger partial charge is 0.226 e. The van der Waals surface area contributed by atoms with Crippen LogP contribution in [-0.4, -0.2) is 10.1 Å². The van der Waals surface area contributed by atoms with Gasteiger partial charge >= 0.3 is 0 Å². The highest BCUT2D eigenvalue weighted by Gasteiger charge is 2.30. The van der Waals surface area contributed by atoms with Crippen molar-refractivity contribution in [3.05, 3.63) is 83.5 Å². The van der Waals surface area contributed by atoms with Crippen LogP contribution in [0.1, 0.15) is 68.3 Å². The third-order valence-electron chi connectivity index (χ3n) is 5.78. The molecule has 0 N–H and O–H groups in total. The summed E-state index contributed by atoms with van der Waals surface area (Å²) in [6.45, 7) is 4.75. The first-order chi connectivity index (χ1) is 13.1. The van der Waals surface area contributed by atoms with Crippen molar-refractivity contribution in [2.24, 2.45) is 11.3 Å². The summed E-state index contributed by atoms with van der Waals surface area (Å²) in [5.74, 6) is 2.20. The number of hydrogen-bond donors (Lipinski definition) is 0. The summed E-state index contributed by atoms with van der Waals surface area (Å²) in [7, 11) is 0. The summed E-state index contributed by atoms with van der Waals surface area (Å²) >= 11 is 0. The van der Waals surface area contributed by atoms with E-state index in [-0.39, 0.29) is 5.92 Å². The van der Waals surface area contributed by atoms with Crippen LogP contribution in [0.15, 0.2) is 65.2 Å². The molecule has 3 aromatic rings. The molecule has 1 fully saturated rings. The number of benzene rings is 2. The molecule has 1 saturated carbocycles. The lowest BCUT2D eigenvalue weighted by Gasteiger charge is -2.34. The van der Waals surface area contributed by atoms with Crippen molar-refractivity contribution in [3.63, 3.8) is 0 Å². The zero-order valence-electron chi connectivity index (χ0n) is 16.3. The Labute approximate surface area is 161 Å². The summed E-state index contributed by atoms with van der Waals surface area (Å²) < 4.78 is 5.70. The summed E-state index contributed by atoms with van der Waals surface area (Å²) in [6.07, 6.45) is 6.03. The molecule has 0 amide bonds. The van der Waals surface area contributed by atoms with Crippen LogP contribution in [0.3, 0.4) is 0 Å². The van der Waals surface area contributed by atoms with Gasteiger partial charge in [0.1, 0.15) is 0 Å².